The number of nitrogens with two attached hydrogens (primary N) is 1. The summed E-state index contributed by atoms with van der Waals surface area (Å²) in [6, 6.07) is 0. The van der Waals surface area contributed by atoms with E-state index >= 15 is 0 Å². The molecule has 72 valence electrons. The summed E-state index contributed by atoms with van der Waals surface area (Å²) in [6.45, 7) is 1.96. The van der Waals surface area contributed by atoms with E-state index in [9.17, 15) is 4.79 Å². The van der Waals surface area contributed by atoms with Crippen LogP contribution in [-0.4, -0.2) is 18.5 Å². The van der Waals surface area contributed by atoms with Crippen LogP contribution in [0.4, 0.5) is 0 Å². The van der Waals surface area contributed by atoms with Crippen molar-refractivity contribution >= 4 is 21.8 Å². The number of likely N-dealkylation sites (N-methyl/N-ethyl adjacent to an activating group) is 1. The highest BCUT2D eigenvalue weighted by Gasteiger charge is 2.33. The summed E-state index contributed by atoms with van der Waals surface area (Å²) in [7, 11) is 1.59. The molecule has 1 rings (SSSR count). The number of halogens is 1. The molecule has 0 saturated carbocycles. The number of hydrogen-bond donors (Lipinski definition) is 2. The zero-order valence-corrected chi connectivity index (χ0v) is 9.31. The van der Waals surface area contributed by atoms with Gasteiger partial charge in [0.1, 0.15) is 5.54 Å². The van der Waals surface area contributed by atoms with Crippen molar-refractivity contribution in [2.24, 2.45) is 5.73 Å². The van der Waals surface area contributed by atoms with Gasteiger partial charge in [0.05, 0.1) is 0 Å². The molecule has 0 aliphatic heterocycles. The van der Waals surface area contributed by atoms with Crippen LogP contribution in [0.25, 0.3) is 0 Å². The Balaban J connectivity index is 2.96. The minimum atomic E-state index is -0.896. The van der Waals surface area contributed by atoms with Gasteiger partial charge in [-0.3, -0.25) is 4.79 Å². The molecule has 1 unspecified atom stereocenters. The van der Waals surface area contributed by atoms with Crippen LogP contribution in [-0.2, 0) is 4.79 Å². The van der Waals surface area contributed by atoms with Crippen molar-refractivity contribution in [3.8, 4) is 0 Å². The van der Waals surface area contributed by atoms with E-state index in [2.05, 4.69) is 21.2 Å². The summed E-state index contributed by atoms with van der Waals surface area (Å²) < 4.78 is 0.863. The van der Waals surface area contributed by atoms with Crippen molar-refractivity contribution in [1.82, 2.24) is 5.32 Å². The average Bonchev–Trinajstić information content (AvgIpc) is 2.00. The van der Waals surface area contributed by atoms with Gasteiger partial charge in [-0.15, -0.1) is 0 Å². The number of carbonyl (C=O) groups is 1. The lowest BCUT2D eigenvalue weighted by atomic mass is 9.87. The summed E-state index contributed by atoms with van der Waals surface area (Å²) in [5, 5.41) is 2.56. The lowest BCUT2D eigenvalue weighted by Gasteiger charge is -2.27. The third-order valence-electron chi connectivity index (χ3n) is 2.00. The zero-order chi connectivity index (χ0) is 10.1. The molecule has 0 bridgehead atoms. The summed E-state index contributed by atoms with van der Waals surface area (Å²) in [4.78, 5) is 11.5. The lowest BCUT2D eigenvalue weighted by molar-refractivity contribution is -0.124. The summed E-state index contributed by atoms with van der Waals surface area (Å²) in [6.07, 6.45) is 4.27. The zero-order valence-electron chi connectivity index (χ0n) is 7.73. The highest BCUT2D eigenvalue weighted by Crippen LogP contribution is 2.27. The van der Waals surface area contributed by atoms with E-state index in [1.807, 2.05) is 13.0 Å². The van der Waals surface area contributed by atoms with Gasteiger partial charge in [-0.2, -0.15) is 0 Å². The van der Waals surface area contributed by atoms with E-state index in [0.717, 1.165) is 10.1 Å². The van der Waals surface area contributed by atoms with Gasteiger partial charge in [-0.05, 0) is 25.5 Å². The number of nitrogens with one attached hydrogen (secondary N) is 1. The number of carbonyl (C=O) groups excluding carboxylic acids is 1. The molecule has 1 atom stereocenters. The summed E-state index contributed by atoms with van der Waals surface area (Å²) in [5.41, 5.74) is 6.14. The fraction of sp³-hybridized carbons (Fsp3) is 0.444. The van der Waals surface area contributed by atoms with Gasteiger partial charge >= 0.3 is 0 Å². The van der Waals surface area contributed by atoms with E-state index in [0.29, 0.717) is 6.42 Å². The maximum absolute atomic E-state index is 11.5. The van der Waals surface area contributed by atoms with Gasteiger partial charge in [0.15, 0.2) is 0 Å². The molecule has 1 amide bonds. The van der Waals surface area contributed by atoms with Crippen molar-refractivity contribution in [3.05, 3.63) is 22.2 Å². The van der Waals surface area contributed by atoms with Crippen molar-refractivity contribution in [2.75, 3.05) is 7.05 Å². The van der Waals surface area contributed by atoms with E-state index in [1.165, 1.54) is 0 Å². The van der Waals surface area contributed by atoms with Crippen LogP contribution in [0.2, 0.25) is 0 Å². The standard InChI is InChI=1S/C9H13BrN2O/c1-6-3-7(10)5-9(11,4-6)8(13)12-2/h3,5H,4,11H2,1-2H3,(H,12,13). The van der Waals surface area contributed by atoms with Gasteiger partial charge in [0, 0.05) is 11.5 Å². The molecule has 0 radical (unpaired) electrons. The Morgan fingerprint density at radius 2 is 2.38 bits per heavy atom. The minimum Gasteiger partial charge on any atom is -0.357 e. The molecule has 0 aromatic heterocycles. The second kappa shape index (κ2) is 3.64. The van der Waals surface area contributed by atoms with Crippen LogP contribution in [0.15, 0.2) is 22.2 Å². The average molecular weight is 245 g/mol. The van der Waals surface area contributed by atoms with Crippen molar-refractivity contribution in [2.45, 2.75) is 18.9 Å². The van der Waals surface area contributed by atoms with Crippen molar-refractivity contribution < 1.29 is 4.79 Å². The number of amides is 1. The maximum atomic E-state index is 11.5. The molecule has 0 spiro atoms. The maximum Gasteiger partial charge on any atom is 0.244 e. The second-order valence-electron chi connectivity index (χ2n) is 3.32. The molecule has 3 nitrogen and oxygen atoms in total. The first-order chi connectivity index (χ1) is 5.98. The number of hydrogen-bond acceptors (Lipinski definition) is 2. The Bertz CT molecular complexity index is 296. The van der Waals surface area contributed by atoms with Gasteiger partial charge in [-0.25, -0.2) is 0 Å². The normalized spacial score (nSPS) is 27.7. The molecule has 4 heteroatoms. The Hall–Kier alpha value is -0.610. The Kier molecular flexibility index (Phi) is 2.93. The first kappa shape index (κ1) is 10.5. The third kappa shape index (κ3) is 2.19. The van der Waals surface area contributed by atoms with Crippen LogP contribution >= 0.6 is 15.9 Å². The highest BCUT2D eigenvalue weighted by atomic mass is 79.9. The monoisotopic (exact) mass is 244 g/mol. The molecule has 0 aromatic carbocycles. The molecular weight excluding hydrogens is 232 g/mol. The van der Waals surface area contributed by atoms with Gasteiger partial charge < -0.3 is 11.1 Å². The molecule has 13 heavy (non-hydrogen) atoms. The van der Waals surface area contributed by atoms with Crippen LogP contribution in [0.3, 0.4) is 0 Å². The molecular formula is C9H13BrN2O. The predicted molar refractivity (Wildman–Crippen MR) is 56.4 cm³/mol. The molecule has 0 saturated heterocycles. The van der Waals surface area contributed by atoms with E-state index in [-0.39, 0.29) is 5.91 Å². The molecule has 0 fully saturated rings. The van der Waals surface area contributed by atoms with E-state index in [1.54, 1.807) is 13.1 Å². The fourth-order valence-electron chi connectivity index (χ4n) is 1.47. The Morgan fingerprint density at radius 1 is 1.77 bits per heavy atom. The topological polar surface area (TPSA) is 55.1 Å². The predicted octanol–water partition coefficient (Wildman–Crippen LogP) is 1.06. The summed E-state index contributed by atoms with van der Waals surface area (Å²) >= 11 is 3.33. The lowest BCUT2D eigenvalue weighted by Crippen LogP contribution is -2.52. The Morgan fingerprint density at radius 3 is 2.85 bits per heavy atom. The second-order valence-corrected chi connectivity index (χ2v) is 4.23. The summed E-state index contributed by atoms with van der Waals surface area (Å²) in [5.74, 6) is -0.156. The number of rotatable bonds is 1. The van der Waals surface area contributed by atoms with Crippen LogP contribution in [0, 0.1) is 0 Å². The highest BCUT2D eigenvalue weighted by molar-refractivity contribution is 9.11. The van der Waals surface area contributed by atoms with Crippen LogP contribution in [0.5, 0.6) is 0 Å². The van der Waals surface area contributed by atoms with Crippen LogP contribution in [0.1, 0.15) is 13.3 Å². The molecule has 1 aliphatic rings. The molecule has 0 heterocycles. The largest absolute Gasteiger partial charge is 0.357 e. The fourth-order valence-corrected chi connectivity index (χ4v) is 2.26. The van der Waals surface area contributed by atoms with E-state index < -0.39 is 5.54 Å². The van der Waals surface area contributed by atoms with Gasteiger partial charge in [0.25, 0.3) is 0 Å². The SMILES string of the molecule is CNC(=O)C1(N)C=C(Br)C=C(C)C1. The first-order valence-electron chi connectivity index (χ1n) is 4.04. The first-order valence-corrected chi connectivity index (χ1v) is 4.84. The van der Waals surface area contributed by atoms with Crippen LogP contribution < -0.4 is 11.1 Å². The third-order valence-corrected chi connectivity index (χ3v) is 2.46. The molecule has 0 aromatic rings. The smallest absolute Gasteiger partial charge is 0.244 e. The quantitative estimate of drug-likeness (QED) is 0.725. The number of allylic oxidation sites excluding steroid dienone is 2. The minimum absolute atomic E-state index is 0.156. The van der Waals surface area contributed by atoms with Crippen molar-refractivity contribution in [3.63, 3.8) is 0 Å². The van der Waals surface area contributed by atoms with Gasteiger partial charge in [0.2, 0.25) is 5.91 Å². The van der Waals surface area contributed by atoms with Crippen molar-refractivity contribution in [1.29, 1.82) is 0 Å². The molecule has 1 aliphatic carbocycles. The van der Waals surface area contributed by atoms with E-state index in [4.69, 9.17) is 5.73 Å². The Labute approximate surface area is 86.2 Å². The van der Waals surface area contributed by atoms with Gasteiger partial charge in [-0.1, -0.05) is 21.5 Å². The molecule has 3 N–H and O–H groups in total.